The molecule has 4 saturated carbocycles. The third-order valence-corrected chi connectivity index (χ3v) is 21.7. The van der Waals surface area contributed by atoms with Gasteiger partial charge in [0.05, 0.1) is 44.1 Å². The molecule has 8 fully saturated rings. The number of aliphatic hydroxyl groups excluding tert-OH is 11. The van der Waals surface area contributed by atoms with E-state index in [1.165, 1.54) is 26.3 Å². The largest absolute Gasteiger partial charge is 0.455 e. The number of rotatable bonds is 13. The van der Waals surface area contributed by atoms with Gasteiger partial charge in [0.1, 0.15) is 73.2 Å². The van der Waals surface area contributed by atoms with E-state index in [1.54, 1.807) is 0 Å². The molecule has 462 valence electrons. The Balaban J connectivity index is 0.902. The SMILES string of the molecule is CC(=O)O[C@@H]1[C@@H](OC(C)=O)[C@H](O[C@H]2CC[C@@]3(C)[C@@H](CC[C@]4(C)[C@@H]3CC=C3[C@@H]5CC(C)(C)CC[C@]5(C(=O)O[C@@H]5O[C@H](CO[C@@H]6O[C@H](CO)[C@@H](O[C@@H]7O[C@@H](C)[C@H](O)[C@@H](O)[C@H]7O)[C@H](O)[C@H]6O)[C@@H](O)[C@H](O)[C@H]5O)CC[C@]34C)[C@]2(C)CO)OC[C@@H]1O. The Morgan fingerprint density at radius 2 is 1.25 bits per heavy atom. The lowest BCUT2D eigenvalue weighted by Crippen LogP contribution is -2.67. The maximum Gasteiger partial charge on any atom is 0.315 e. The zero-order chi connectivity index (χ0) is 59.3. The second-order valence-electron chi connectivity index (χ2n) is 26.9. The van der Waals surface area contributed by atoms with Crippen molar-refractivity contribution >= 4 is 17.9 Å². The minimum Gasteiger partial charge on any atom is -0.455 e. The second-order valence-corrected chi connectivity index (χ2v) is 26.9. The molecule has 0 bridgehead atoms. The number of fused-ring (bicyclic) bond motifs is 7. The van der Waals surface area contributed by atoms with Crippen molar-refractivity contribution in [2.45, 2.75) is 249 Å². The van der Waals surface area contributed by atoms with E-state index in [-0.39, 0.29) is 52.6 Å². The molecule has 28 atom stereocenters. The highest BCUT2D eigenvalue weighted by Crippen LogP contribution is 2.76. The predicted octanol–water partition coefficient (Wildman–Crippen LogP) is -0.255. The molecule has 24 heteroatoms. The number of aliphatic hydroxyl groups is 11. The Bertz CT molecular complexity index is 2300. The fourth-order valence-corrected chi connectivity index (χ4v) is 16.7. The Kier molecular flexibility index (Phi) is 18.1. The minimum absolute atomic E-state index is 0.0289. The van der Waals surface area contributed by atoms with E-state index in [1.807, 2.05) is 6.92 Å². The van der Waals surface area contributed by atoms with Crippen molar-refractivity contribution in [1.82, 2.24) is 0 Å². The van der Waals surface area contributed by atoms with Crippen molar-refractivity contribution in [2.75, 3.05) is 26.4 Å². The number of carbonyl (C=O) groups excluding carboxylic acids is 3. The Labute approximate surface area is 472 Å². The monoisotopic (exact) mass is 1160 g/mol. The molecule has 81 heavy (non-hydrogen) atoms. The van der Waals surface area contributed by atoms with E-state index in [0.29, 0.717) is 44.9 Å². The molecule has 9 aliphatic rings. The molecule has 4 aliphatic heterocycles. The van der Waals surface area contributed by atoms with E-state index in [4.69, 9.17) is 47.4 Å². The Hall–Kier alpha value is -2.57. The van der Waals surface area contributed by atoms with Gasteiger partial charge in [-0.15, -0.1) is 0 Å². The summed E-state index contributed by atoms with van der Waals surface area (Å²) in [6, 6.07) is 0. The maximum atomic E-state index is 15.2. The molecular weight excluding hydrogens is 1070 g/mol. The molecule has 11 N–H and O–H groups in total. The predicted molar refractivity (Wildman–Crippen MR) is 276 cm³/mol. The molecule has 5 aliphatic carbocycles. The normalized spacial score (nSPS) is 51.5. The molecular formula is C57H90O24. The van der Waals surface area contributed by atoms with Crippen molar-refractivity contribution in [3.8, 4) is 0 Å². The summed E-state index contributed by atoms with van der Waals surface area (Å²) in [6.07, 6.45) is -21.4. The fourth-order valence-electron chi connectivity index (χ4n) is 16.7. The standard InChI is InChI=1S/C57H90O24/c1-25-36(63)38(65)41(68)48(74-25)80-45-31(21-58)77-47(43(70)40(45)67)73-23-32-37(64)39(66)42(69)49(78-32)81-51(71)57-18-16-52(4,5)20-29(57)28-10-11-34-53(6)14-13-35(54(7,24-59)33(53)12-15-56(34,9)55(28,8)17-19-57)79-50-46(76-27(3)61)44(75-26(2)60)30(62)22-72-50/h10,25,29-50,58-59,62-70H,11-24H2,1-9H3/t25-,29-,30-,31+,32+,33+,34+,35-,36-,37+,38+,39-,40+,41+,42+,43+,44-,45+,46+,47+,48-,49-,50-,53-,54-,55+,56+,57-/m0/s1. The number of ether oxygens (including phenoxy) is 10. The van der Waals surface area contributed by atoms with E-state index >= 15 is 4.79 Å². The Morgan fingerprint density at radius 3 is 1.91 bits per heavy atom. The van der Waals surface area contributed by atoms with Gasteiger partial charge in [0.15, 0.2) is 31.1 Å². The van der Waals surface area contributed by atoms with Crippen molar-refractivity contribution < 1.29 is 118 Å². The summed E-state index contributed by atoms with van der Waals surface area (Å²) in [5, 5.41) is 119. The number of carbonyl (C=O) groups is 3. The molecule has 0 aromatic rings. The fraction of sp³-hybridized carbons (Fsp3) is 0.912. The van der Waals surface area contributed by atoms with Crippen LogP contribution in [0.15, 0.2) is 11.6 Å². The van der Waals surface area contributed by atoms with Crippen LogP contribution >= 0.6 is 0 Å². The Morgan fingerprint density at radius 1 is 0.617 bits per heavy atom. The quantitative estimate of drug-likeness (QED) is 0.0490. The summed E-state index contributed by atoms with van der Waals surface area (Å²) in [5.74, 6) is -2.11. The first-order valence-corrected chi connectivity index (χ1v) is 29.0. The van der Waals surface area contributed by atoms with E-state index in [2.05, 4.69) is 40.7 Å². The van der Waals surface area contributed by atoms with Gasteiger partial charge in [-0.25, -0.2) is 0 Å². The van der Waals surface area contributed by atoms with Crippen LogP contribution in [-0.2, 0) is 61.8 Å². The van der Waals surface area contributed by atoms with Crippen molar-refractivity contribution in [3.05, 3.63) is 11.6 Å². The van der Waals surface area contributed by atoms with Crippen LogP contribution in [0.2, 0.25) is 0 Å². The summed E-state index contributed by atoms with van der Waals surface area (Å²) in [5.41, 5.74) is -1.76. The number of hydrogen-bond acceptors (Lipinski definition) is 24. The molecule has 4 heterocycles. The first-order chi connectivity index (χ1) is 37.9. The summed E-state index contributed by atoms with van der Waals surface area (Å²) < 4.78 is 58.6. The average Bonchev–Trinajstić information content (AvgIpc) is 1.00. The van der Waals surface area contributed by atoms with E-state index in [0.717, 1.165) is 19.3 Å². The lowest BCUT2D eigenvalue weighted by molar-refractivity contribution is -0.361. The van der Waals surface area contributed by atoms with Gasteiger partial charge in [0.2, 0.25) is 6.29 Å². The average molecular weight is 1160 g/mol. The number of allylic oxidation sites excluding steroid dienone is 2. The first-order valence-electron chi connectivity index (χ1n) is 29.0. The van der Waals surface area contributed by atoms with Crippen LogP contribution in [0.25, 0.3) is 0 Å². The molecule has 0 spiro atoms. The summed E-state index contributed by atoms with van der Waals surface area (Å²) >= 11 is 0. The zero-order valence-corrected chi connectivity index (χ0v) is 48.0. The first kappa shape index (κ1) is 62.9. The lowest BCUT2D eigenvalue weighted by Gasteiger charge is -2.71. The third-order valence-electron chi connectivity index (χ3n) is 21.7. The van der Waals surface area contributed by atoms with Crippen molar-refractivity contribution in [3.63, 3.8) is 0 Å². The summed E-state index contributed by atoms with van der Waals surface area (Å²) in [7, 11) is 0. The molecule has 9 rings (SSSR count). The molecule has 0 radical (unpaired) electrons. The van der Waals surface area contributed by atoms with Crippen LogP contribution < -0.4 is 0 Å². The van der Waals surface area contributed by atoms with Crippen LogP contribution in [-0.4, -0.2) is 223 Å². The van der Waals surface area contributed by atoms with Crippen molar-refractivity contribution in [2.24, 2.45) is 50.2 Å². The molecule has 0 amide bonds. The summed E-state index contributed by atoms with van der Waals surface area (Å²) in [4.78, 5) is 39.6. The van der Waals surface area contributed by atoms with Crippen LogP contribution in [0.1, 0.15) is 127 Å². The highest BCUT2D eigenvalue weighted by atomic mass is 16.8. The van der Waals surface area contributed by atoms with Gasteiger partial charge in [-0.05, 0) is 111 Å². The minimum atomic E-state index is -1.89. The van der Waals surface area contributed by atoms with Gasteiger partial charge in [-0.2, -0.15) is 0 Å². The van der Waals surface area contributed by atoms with Crippen LogP contribution in [0.3, 0.4) is 0 Å². The van der Waals surface area contributed by atoms with Gasteiger partial charge in [-0.1, -0.05) is 53.2 Å². The highest BCUT2D eigenvalue weighted by molar-refractivity contribution is 5.79. The van der Waals surface area contributed by atoms with E-state index < -0.39 is 165 Å². The topological polar surface area (TPSA) is 366 Å². The zero-order valence-electron chi connectivity index (χ0n) is 48.0. The third kappa shape index (κ3) is 10.9. The van der Waals surface area contributed by atoms with Gasteiger partial charge < -0.3 is 104 Å². The van der Waals surface area contributed by atoms with Crippen LogP contribution in [0, 0.1) is 50.2 Å². The molecule has 0 unspecified atom stereocenters. The lowest BCUT2D eigenvalue weighted by atomic mass is 9.33. The molecule has 0 aromatic carbocycles. The second kappa shape index (κ2) is 23.3. The highest BCUT2D eigenvalue weighted by Gasteiger charge is 2.71. The van der Waals surface area contributed by atoms with Crippen LogP contribution in [0.4, 0.5) is 0 Å². The number of esters is 3. The molecule has 4 saturated heterocycles. The van der Waals surface area contributed by atoms with Crippen molar-refractivity contribution in [1.29, 1.82) is 0 Å². The van der Waals surface area contributed by atoms with Gasteiger partial charge >= 0.3 is 17.9 Å². The molecule has 0 aromatic heterocycles. The smallest absolute Gasteiger partial charge is 0.315 e. The maximum absolute atomic E-state index is 15.2. The van der Waals surface area contributed by atoms with Gasteiger partial charge in [0, 0.05) is 19.3 Å². The molecule has 24 nitrogen and oxygen atoms in total. The summed E-state index contributed by atoms with van der Waals surface area (Å²) in [6.45, 7) is 15.4. The number of hydrogen-bond donors (Lipinski definition) is 11. The van der Waals surface area contributed by atoms with Crippen LogP contribution in [0.5, 0.6) is 0 Å². The van der Waals surface area contributed by atoms with Gasteiger partial charge in [0.25, 0.3) is 0 Å². The van der Waals surface area contributed by atoms with Gasteiger partial charge in [-0.3, -0.25) is 14.4 Å². The van der Waals surface area contributed by atoms with E-state index in [9.17, 15) is 65.8 Å².